The molecule has 0 amide bonds. The van der Waals surface area contributed by atoms with Gasteiger partial charge in [0.1, 0.15) is 0 Å². The zero-order chi connectivity index (χ0) is 25.6. The molecule has 1 aliphatic carbocycles. The monoisotopic (exact) mass is 487 g/mol. The lowest BCUT2D eigenvalue weighted by atomic mass is 9.66. The number of aliphatic hydroxyl groups is 1. The molecule has 0 bridgehead atoms. The first-order valence-electron chi connectivity index (χ1n) is 14.8. The van der Waals surface area contributed by atoms with Gasteiger partial charge in [0.05, 0.1) is 11.5 Å². The Hall–Kier alpha value is -2.11. The van der Waals surface area contributed by atoms with Gasteiger partial charge < -0.3 is 5.11 Å². The van der Waals surface area contributed by atoms with Crippen molar-refractivity contribution in [2.75, 3.05) is 6.61 Å². The molecule has 36 heavy (non-hydrogen) atoms. The minimum Gasteiger partial charge on any atom is -0.396 e. The average Bonchev–Trinajstić information content (AvgIpc) is 2.92. The van der Waals surface area contributed by atoms with E-state index >= 15 is 0 Å². The molecule has 2 aromatic carbocycles. The molecule has 0 spiro atoms. The third kappa shape index (κ3) is 8.48. The van der Waals surface area contributed by atoms with Crippen LogP contribution in [-0.2, 0) is 0 Å². The quantitative estimate of drug-likeness (QED) is 0.254. The van der Waals surface area contributed by atoms with Crippen LogP contribution in [-0.4, -0.2) is 11.7 Å². The number of benzene rings is 2. The molecule has 1 aliphatic rings. The van der Waals surface area contributed by atoms with E-state index in [4.69, 9.17) is 5.11 Å². The van der Waals surface area contributed by atoms with Gasteiger partial charge in [0.25, 0.3) is 0 Å². The normalized spacial score (nSPS) is 20.7. The third-order valence-electron chi connectivity index (χ3n) is 8.56. The number of hydrogen-bond acceptors (Lipinski definition) is 2. The van der Waals surface area contributed by atoms with Crippen LogP contribution in [0.4, 0.5) is 0 Å². The SMILES string of the molecule is CCCC(C)c1ccc(-c2ccc(C3CCCC(C#N)(CCCCCCCCCCO)C3)cc2)cc1. The molecule has 0 aliphatic heterocycles. The summed E-state index contributed by atoms with van der Waals surface area (Å²) in [6, 6.07) is 21.1. The van der Waals surface area contributed by atoms with Crippen molar-refractivity contribution >= 4 is 0 Å². The van der Waals surface area contributed by atoms with Crippen LogP contribution in [0.5, 0.6) is 0 Å². The van der Waals surface area contributed by atoms with Crippen molar-refractivity contribution in [3.05, 3.63) is 59.7 Å². The molecule has 3 unspecified atom stereocenters. The fourth-order valence-corrected chi connectivity index (χ4v) is 6.22. The highest BCUT2D eigenvalue weighted by Gasteiger charge is 2.36. The molecule has 0 saturated heterocycles. The first-order valence-corrected chi connectivity index (χ1v) is 14.8. The summed E-state index contributed by atoms with van der Waals surface area (Å²) in [5.74, 6) is 1.14. The highest BCUT2D eigenvalue weighted by Crippen LogP contribution is 2.47. The molecule has 0 aromatic heterocycles. The fraction of sp³-hybridized carbons (Fsp3) is 0.618. The number of aliphatic hydroxyl groups excluding tert-OH is 1. The molecule has 2 aromatic rings. The molecule has 2 nitrogen and oxygen atoms in total. The van der Waals surface area contributed by atoms with Crippen LogP contribution in [0.1, 0.15) is 133 Å². The lowest BCUT2D eigenvalue weighted by Crippen LogP contribution is -2.26. The van der Waals surface area contributed by atoms with Gasteiger partial charge in [-0.3, -0.25) is 0 Å². The number of rotatable bonds is 15. The highest BCUT2D eigenvalue weighted by molar-refractivity contribution is 5.64. The highest BCUT2D eigenvalue weighted by atomic mass is 16.2. The Kier molecular flexibility index (Phi) is 12.0. The van der Waals surface area contributed by atoms with E-state index in [1.165, 1.54) is 86.5 Å². The van der Waals surface area contributed by atoms with Crippen LogP contribution in [0.25, 0.3) is 11.1 Å². The zero-order valence-corrected chi connectivity index (χ0v) is 23.0. The van der Waals surface area contributed by atoms with Crippen LogP contribution in [0.3, 0.4) is 0 Å². The summed E-state index contributed by atoms with van der Waals surface area (Å²) in [7, 11) is 0. The summed E-state index contributed by atoms with van der Waals surface area (Å²) in [6.07, 6.45) is 17.6. The maximum absolute atomic E-state index is 10.1. The van der Waals surface area contributed by atoms with Crippen molar-refractivity contribution in [3.63, 3.8) is 0 Å². The van der Waals surface area contributed by atoms with Crippen molar-refractivity contribution in [2.24, 2.45) is 5.41 Å². The van der Waals surface area contributed by atoms with E-state index in [0.717, 1.165) is 32.1 Å². The van der Waals surface area contributed by atoms with E-state index in [9.17, 15) is 5.26 Å². The summed E-state index contributed by atoms with van der Waals surface area (Å²) >= 11 is 0. The van der Waals surface area contributed by atoms with Crippen molar-refractivity contribution in [3.8, 4) is 17.2 Å². The largest absolute Gasteiger partial charge is 0.396 e. The smallest absolute Gasteiger partial charge is 0.0689 e. The molecule has 1 saturated carbocycles. The summed E-state index contributed by atoms with van der Waals surface area (Å²) in [5, 5.41) is 19.0. The predicted molar refractivity (Wildman–Crippen MR) is 153 cm³/mol. The fourth-order valence-electron chi connectivity index (χ4n) is 6.22. The van der Waals surface area contributed by atoms with E-state index in [1.54, 1.807) is 0 Å². The molecule has 3 rings (SSSR count). The van der Waals surface area contributed by atoms with Crippen molar-refractivity contribution < 1.29 is 5.11 Å². The Morgan fingerprint density at radius 2 is 1.47 bits per heavy atom. The van der Waals surface area contributed by atoms with E-state index in [2.05, 4.69) is 68.4 Å². The molecule has 1 fully saturated rings. The van der Waals surface area contributed by atoms with Gasteiger partial charge in [-0.05, 0) is 72.6 Å². The molecule has 0 heterocycles. The Morgan fingerprint density at radius 1 is 0.889 bits per heavy atom. The van der Waals surface area contributed by atoms with E-state index < -0.39 is 0 Å². The first kappa shape index (κ1) is 28.5. The minimum absolute atomic E-state index is 0.131. The van der Waals surface area contributed by atoms with E-state index in [0.29, 0.717) is 18.4 Å². The lowest BCUT2D eigenvalue weighted by molar-refractivity contribution is 0.218. The number of nitriles is 1. The summed E-state index contributed by atoms with van der Waals surface area (Å²) in [5.41, 5.74) is 5.29. The van der Waals surface area contributed by atoms with Gasteiger partial charge in [0.15, 0.2) is 0 Å². The number of unbranched alkanes of at least 4 members (excludes halogenated alkanes) is 7. The second kappa shape index (κ2) is 15.2. The minimum atomic E-state index is -0.131. The molecule has 1 N–H and O–H groups in total. The van der Waals surface area contributed by atoms with Crippen LogP contribution >= 0.6 is 0 Å². The van der Waals surface area contributed by atoms with Gasteiger partial charge >= 0.3 is 0 Å². The molecule has 196 valence electrons. The maximum atomic E-state index is 10.1. The summed E-state index contributed by atoms with van der Waals surface area (Å²) in [6.45, 7) is 4.90. The van der Waals surface area contributed by atoms with Crippen molar-refractivity contribution in [1.29, 1.82) is 5.26 Å². The Labute approximate surface area is 221 Å². The van der Waals surface area contributed by atoms with Gasteiger partial charge in [-0.2, -0.15) is 5.26 Å². The van der Waals surface area contributed by atoms with Gasteiger partial charge in [0.2, 0.25) is 0 Å². The first-order chi connectivity index (χ1) is 17.6. The van der Waals surface area contributed by atoms with Crippen molar-refractivity contribution in [2.45, 2.75) is 122 Å². The molecular formula is C34H49NO. The van der Waals surface area contributed by atoms with Crippen LogP contribution in [0.15, 0.2) is 48.5 Å². The lowest BCUT2D eigenvalue weighted by Gasteiger charge is -2.36. The maximum Gasteiger partial charge on any atom is 0.0689 e. The van der Waals surface area contributed by atoms with Crippen LogP contribution in [0.2, 0.25) is 0 Å². The molecular weight excluding hydrogens is 438 g/mol. The standard InChI is InChI=1S/C34H49NO/c1-3-13-28(2)29-15-17-30(18-16-29)31-19-21-32(22-20-31)33-14-12-24-34(26-33,27-35)23-10-8-6-4-5-7-9-11-25-36/h15-22,28,33,36H,3-14,23-26H2,1-2H3. The summed E-state index contributed by atoms with van der Waals surface area (Å²) in [4.78, 5) is 0. The van der Waals surface area contributed by atoms with Gasteiger partial charge in [-0.25, -0.2) is 0 Å². The van der Waals surface area contributed by atoms with Gasteiger partial charge in [-0.15, -0.1) is 0 Å². The van der Waals surface area contributed by atoms with E-state index in [1.807, 2.05) is 0 Å². The van der Waals surface area contributed by atoms with Crippen LogP contribution < -0.4 is 0 Å². The van der Waals surface area contributed by atoms with E-state index in [-0.39, 0.29) is 5.41 Å². The number of nitrogens with zero attached hydrogens (tertiary/aromatic N) is 1. The second-order valence-corrected chi connectivity index (χ2v) is 11.4. The average molecular weight is 488 g/mol. The topological polar surface area (TPSA) is 44.0 Å². The zero-order valence-electron chi connectivity index (χ0n) is 23.0. The second-order valence-electron chi connectivity index (χ2n) is 11.4. The van der Waals surface area contributed by atoms with Crippen molar-refractivity contribution in [1.82, 2.24) is 0 Å². The number of hydrogen-bond donors (Lipinski definition) is 1. The third-order valence-corrected chi connectivity index (χ3v) is 8.56. The Balaban J connectivity index is 1.50. The molecule has 0 radical (unpaired) electrons. The molecule has 2 heteroatoms. The predicted octanol–water partition coefficient (Wildman–Crippen LogP) is 9.93. The van der Waals surface area contributed by atoms with Crippen LogP contribution in [0, 0.1) is 16.7 Å². The Bertz CT molecular complexity index is 910. The Morgan fingerprint density at radius 3 is 2.06 bits per heavy atom. The van der Waals surface area contributed by atoms with Gasteiger partial charge in [0, 0.05) is 6.61 Å². The summed E-state index contributed by atoms with van der Waals surface area (Å²) < 4.78 is 0. The van der Waals surface area contributed by atoms with Gasteiger partial charge in [-0.1, -0.05) is 120 Å². The molecule has 3 atom stereocenters.